The number of nitrogens with zero attached hydrogens (tertiary/aromatic N) is 1. The van der Waals surface area contributed by atoms with Crippen molar-refractivity contribution in [2.45, 2.75) is 252 Å². The Morgan fingerprint density at radius 2 is 0.556 bits per heavy atom. The van der Waals surface area contributed by atoms with E-state index in [4.69, 9.17) is 0 Å². The molecule has 0 atom stereocenters. The monoisotopic (exact) mass is 627 g/mol. The van der Waals surface area contributed by atoms with Crippen molar-refractivity contribution in [1.29, 1.82) is 0 Å². The van der Waals surface area contributed by atoms with E-state index in [9.17, 15) is 0 Å². The van der Waals surface area contributed by atoms with E-state index in [-0.39, 0.29) is 0 Å². The van der Waals surface area contributed by atoms with Crippen molar-refractivity contribution in [3.05, 3.63) is 29.6 Å². The Balaban J connectivity index is 2.23. The Bertz CT molecular complexity index is 671. The van der Waals surface area contributed by atoms with Crippen LogP contribution in [0.5, 0.6) is 0 Å². The van der Waals surface area contributed by atoms with Gasteiger partial charge in [-0.25, -0.2) is 4.57 Å². The molecule has 1 aromatic heterocycles. The SMILES string of the molecule is CCCCCCCCCCCCCCCCCCC[n+]1cc(CCCCCCCCCC)cc(CCCCCCCCCC)c1. The topological polar surface area (TPSA) is 3.88 Å². The number of aromatic nitrogens is 1. The first-order valence-electron chi connectivity index (χ1n) is 21.3. The summed E-state index contributed by atoms with van der Waals surface area (Å²) in [6.45, 7) is 8.16. The molecular weight excluding hydrogens is 542 g/mol. The zero-order chi connectivity index (χ0) is 32.3. The number of hydrogen-bond acceptors (Lipinski definition) is 0. The molecule has 1 rings (SSSR count). The molecule has 1 heterocycles. The van der Waals surface area contributed by atoms with Gasteiger partial charge in [0, 0.05) is 17.5 Å². The summed E-state index contributed by atoms with van der Waals surface area (Å²) in [7, 11) is 0. The maximum Gasteiger partial charge on any atom is 0.171 e. The van der Waals surface area contributed by atoms with Crippen LogP contribution in [-0.4, -0.2) is 0 Å². The summed E-state index contributed by atoms with van der Waals surface area (Å²) in [5, 5.41) is 0. The van der Waals surface area contributed by atoms with E-state index in [2.05, 4.69) is 43.8 Å². The van der Waals surface area contributed by atoms with Crippen molar-refractivity contribution in [2.24, 2.45) is 0 Å². The first-order chi connectivity index (χ1) is 22.3. The fourth-order valence-corrected chi connectivity index (χ4v) is 7.12. The lowest BCUT2D eigenvalue weighted by Crippen LogP contribution is -2.34. The molecule has 264 valence electrons. The average Bonchev–Trinajstić information content (AvgIpc) is 3.05. The van der Waals surface area contributed by atoms with Crippen molar-refractivity contribution >= 4 is 0 Å². The van der Waals surface area contributed by atoms with Crippen LogP contribution in [0.3, 0.4) is 0 Å². The lowest BCUT2D eigenvalue weighted by atomic mass is 10.0. The Labute approximate surface area is 285 Å². The zero-order valence-corrected chi connectivity index (χ0v) is 31.6. The second-order valence-corrected chi connectivity index (χ2v) is 14.9. The van der Waals surface area contributed by atoms with Crippen molar-refractivity contribution in [3.8, 4) is 0 Å². The molecule has 0 bridgehead atoms. The highest BCUT2D eigenvalue weighted by Gasteiger charge is 2.09. The van der Waals surface area contributed by atoms with Crippen molar-refractivity contribution in [3.63, 3.8) is 0 Å². The summed E-state index contributed by atoms with van der Waals surface area (Å²) < 4.78 is 2.57. The Kier molecular flexibility index (Phi) is 32.3. The van der Waals surface area contributed by atoms with Crippen LogP contribution < -0.4 is 4.57 Å². The lowest BCUT2D eigenvalue weighted by Gasteiger charge is -2.07. The second-order valence-electron chi connectivity index (χ2n) is 14.9. The van der Waals surface area contributed by atoms with Gasteiger partial charge >= 0.3 is 0 Å². The largest absolute Gasteiger partial charge is 0.205 e. The molecule has 1 aromatic rings. The van der Waals surface area contributed by atoms with Crippen molar-refractivity contribution in [2.75, 3.05) is 0 Å². The zero-order valence-electron chi connectivity index (χ0n) is 31.6. The molecule has 0 aromatic carbocycles. The molecule has 0 amide bonds. The van der Waals surface area contributed by atoms with E-state index in [0.29, 0.717) is 0 Å². The normalized spacial score (nSPS) is 11.5. The standard InChI is InChI=1S/C44H84N/c1-4-7-10-13-16-19-20-21-22-23-24-25-26-27-30-33-36-39-45-41-43(37-34-31-28-17-14-11-8-5-2)40-44(42-45)38-35-32-29-18-15-12-9-6-3/h40-42H,4-39H2,1-3H3/q+1. The minimum Gasteiger partial charge on any atom is -0.205 e. The molecule has 45 heavy (non-hydrogen) atoms. The molecule has 0 N–H and O–H groups in total. The Morgan fingerprint density at radius 3 is 0.844 bits per heavy atom. The third kappa shape index (κ3) is 29.1. The molecule has 0 radical (unpaired) electrons. The van der Waals surface area contributed by atoms with Gasteiger partial charge in [-0.2, -0.15) is 0 Å². The molecule has 0 saturated carbocycles. The highest BCUT2D eigenvalue weighted by atomic mass is 14.9. The smallest absolute Gasteiger partial charge is 0.171 e. The van der Waals surface area contributed by atoms with Gasteiger partial charge in [-0.1, -0.05) is 207 Å². The van der Waals surface area contributed by atoms with Crippen LogP contribution >= 0.6 is 0 Å². The quantitative estimate of drug-likeness (QED) is 0.0515. The Hall–Kier alpha value is -0.850. The van der Waals surface area contributed by atoms with Gasteiger partial charge in [-0.15, -0.1) is 0 Å². The number of hydrogen-bond donors (Lipinski definition) is 0. The van der Waals surface area contributed by atoms with E-state index >= 15 is 0 Å². The van der Waals surface area contributed by atoms with Crippen molar-refractivity contribution in [1.82, 2.24) is 0 Å². The van der Waals surface area contributed by atoms with Gasteiger partial charge in [0.1, 0.15) is 6.54 Å². The van der Waals surface area contributed by atoms with Crippen LogP contribution in [0.2, 0.25) is 0 Å². The third-order valence-electron chi connectivity index (χ3n) is 10.2. The molecule has 0 saturated heterocycles. The van der Waals surface area contributed by atoms with E-state index in [1.807, 2.05) is 0 Å². The second kappa shape index (κ2) is 34.5. The molecular formula is C44H84N+. The molecule has 0 unspecified atom stereocenters. The summed E-state index contributed by atoms with van der Waals surface area (Å²) in [5.74, 6) is 0. The number of pyridine rings is 1. The first-order valence-corrected chi connectivity index (χ1v) is 21.3. The first kappa shape index (κ1) is 42.2. The summed E-state index contributed by atoms with van der Waals surface area (Å²) in [6, 6.07) is 2.56. The highest BCUT2D eigenvalue weighted by molar-refractivity contribution is 5.15. The number of aryl methyl sites for hydroxylation is 3. The lowest BCUT2D eigenvalue weighted by molar-refractivity contribution is -0.698. The Morgan fingerprint density at radius 1 is 0.311 bits per heavy atom. The van der Waals surface area contributed by atoms with Crippen LogP contribution in [0.1, 0.15) is 244 Å². The van der Waals surface area contributed by atoms with Crippen molar-refractivity contribution < 1.29 is 4.57 Å². The maximum absolute atomic E-state index is 2.57. The van der Waals surface area contributed by atoms with Crippen LogP contribution in [0, 0.1) is 0 Å². The fourth-order valence-electron chi connectivity index (χ4n) is 7.12. The van der Waals surface area contributed by atoms with Crippen LogP contribution in [0.15, 0.2) is 18.5 Å². The minimum absolute atomic E-state index is 1.22. The summed E-state index contributed by atoms with van der Waals surface area (Å²) in [5.41, 5.74) is 3.20. The van der Waals surface area contributed by atoms with Gasteiger partial charge in [0.25, 0.3) is 0 Å². The van der Waals surface area contributed by atoms with Crippen LogP contribution in [0.4, 0.5) is 0 Å². The van der Waals surface area contributed by atoms with Gasteiger partial charge < -0.3 is 0 Å². The molecule has 0 aliphatic carbocycles. The predicted octanol–water partition coefficient (Wildman–Crippen LogP) is 15.0. The van der Waals surface area contributed by atoms with Gasteiger partial charge in [-0.05, 0) is 38.2 Å². The molecule has 0 spiro atoms. The van der Waals surface area contributed by atoms with Crippen LogP contribution in [-0.2, 0) is 19.4 Å². The summed E-state index contributed by atoms with van der Waals surface area (Å²) in [4.78, 5) is 0. The minimum atomic E-state index is 1.22. The maximum atomic E-state index is 2.57. The van der Waals surface area contributed by atoms with Crippen LogP contribution in [0.25, 0.3) is 0 Å². The van der Waals surface area contributed by atoms with E-state index in [0.717, 1.165) is 0 Å². The van der Waals surface area contributed by atoms with Gasteiger partial charge in [0.2, 0.25) is 0 Å². The molecule has 0 aliphatic rings. The van der Waals surface area contributed by atoms with E-state index < -0.39 is 0 Å². The van der Waals surface area contributed by atoms with Gasteiger partial charge in [0.05, 0.1) is 0 Å². The average molecular weight is 627 g/mol. The fraction of sp³-hybridized carbons (Fsp3) is 0.886. The number of unbranched alkanes of at least 4 members (excludes halogenated alkanes) is 30. The van der Waals surface area contributed by atoms with Gasteiger partial charge in [0.15, 0.2) is 12.4 Å². The molecule has 0 fully saturated rings. The molecule has 0 aliphatic heterocycles. The van der Waals surface area contributed by atoms with E-state index in [1.54, 1.807) is 11.1 Å². The van der Waals surface area contributed by atoms with E-state index in [1.165, 1.54) is 231 Å². The van der Waals surface area contributed by atoms with Gasteiger partial charge in [-0.3, -0.25) is 0 Å². The summed E-state index contributed by atoms with van der Waals surface area (Å²) in [6.07, 6.45) is 54.8. The summed E-state index contributed by atoms with van der Waals surface area (Å²) >= 11 is 0. The molecule has 1 heteroatoms. The number of rotatable bonds is 36. The highest BCUT2D eigenvalue weighted by Crippen LogP contribution is 2.16. The molecule has 1 nitrogen and oxygen atoms in total. The predicted molar refractivity (Wildman–Crippen MR) is 203 cm³/mol. The third-order valence-corrected chi connectivity index (χ3v) is 10.2.